The second-order valence-electron chi connectivity index (χ2n) is 2.69. The molecule has 2 heteroatoms. The number of hydrogen-bond acceptors (Lipinski definition) is 0. The molecule has 0 aromatic carbocycles. The predicted molar refractivity (Wildman–Crippen MR) is 34.1 cm³/mol. The van der Waals surface area contributed by atoms with Crippen LogP contribution >= 0.6 is 11.6 Å². The van der Waals surface area contributed by atoms with E-state index in [0.717, 1.165) is 3.90 Å². The fourth-order valence-corrected chi connectivity index (χ4v) is 0. The van der Waals surface area contributed by atoms with Gasteiger partial charge in [0.1, 0.15) is 0 Å². The van der Waals surface area contributed by atoms with Crippen LogP contribution in [0.5, 0.6) is 0 Å². The van der Waals surface area contributed by atoms with Crippen molar-refractivity contribution < 1.29 is 0 Å². The summed E-state index contributed by atoms with van der Waals surface area (Å²) in [5.41, 5.74) is 0. The van der Waals surface area contributed by atoms with Crippen LogP contribution in [0.4, 0.5) is 0 Å². The molecule has 0 nitrogen and oxygen atoms in total. The van der Waals surface area contributed by atoms with Crippen LogP contribution in [-0.2, 0) is 0 Å². The van der Waals surface area contributed by atoms with Crippen molar-refractivity contribution in [1.29, 1.82) is 0 Å². The average molecular weight is 213 g/mol. The molecule has 0 aromatic heterocycles. The minimum absolute atomic E-state index is 0.953. The molecule has 0 rings (SSSR count). The molecule has 0 radical (unpaired) electrons. The van der Waals surface area contributed by atoms with Gasteiger partial charge in [-0.3, -0.25) is 0 Å². The Morgan fingerprint density at radius 2 is 1.50 bits per heavy atom. The molecule has 0 N–H and O–H groups in total. The van der Waals surface area contributed by atoms with E-state index in [1.165, 1.54) is 0 Å². The number of halogens is 1. The van der Waals surface area contributed by atoms with E-state index in [-0.39, 0.29) is 0 Å². The maximum atomic E-state index is 5.57. The Balaban J connectivity index is 3.17. The molecule has 38 valence electrons. The summed E-state index contributed by atoms with van der Waals surface area (Å²) in [6.07, 6.45) is 0. The zero-order chi connectivity index (χ0) is 5.21. The summed E-state index contributed by atoms with van der Waals surface area (Å²) in [4.78, 5) is 6.96. The third kappa shape index (κ3) is 5.09. The molecular formula is C4H11ClSn. The molecule has 0 heterocycles. The van der Waals surface area contributed by atoms with Crippen molar-refractivity contribution in [3.05, 3.63) is 0 Å². The van der Waals surface area contributed by atoms with Crippen LogP contribution in [0, 0.1) is 0 Å². The van der Waals surface area contributed by atoms with Crippen LogP contribution in [0.3, 0.4) is 0 Å². The van der Waals surface area contributed by atoms with Crippen molar-refractivity contribution in [2.24, 2.45) is 0 Å². The Labute approximate surface area is 48.8 Å². The Kier molecular flexibility index (Phi) is 2.85. The molecule has 0 aromatic rings. The van der Waals surface area contributed by atoms with Gasteiger partial charge in [0, 0.05) is 0 Å². The number of alkyl halides is 1. The van der Waals surface area contributed by atoms with Crippen LogP contribution in [0.15, 0.2) is 0 Å². The van der Waals surface area contributed by atoms with Crippen molar-refractivity contribution in [3.8, 4) is 0 Å². The van der Waals surface area contributed by atoms with E-state index in [9.17, 15) is 0 Å². The molecule has 0 aliphatic rings. The van der Waals surface area contributed by atoms with E-state index in [2.05, 4.69) is 14.8 Å². The van der Waals surface area contributed by atoms with Crippen molar-refractivity contribution in [1.82, 2.24) is 0 Å². The number of hydrogen-bond donors (Lipinski definition) is 0. The fourth-order valence-electron chi connectivity index (χ4n) is 0. The van der Waals surface area contributed by atoms with Crippen molar-refractivity contribution in [2.45, 2.75) is 14.8 Å². The first kappa shape index (κ1) is 7.09. The topological polar surface area (TPSA) is 0 Å². The molecule has 6 heavy (non-hydrogen) atoms. The van der Waals surface area contributed by atoms with Gasteiger partial charge in [0.05, 0.1) is 0 Å². The van der Waals surface area contributed by atoms with Gasteiger partial charge in [-0.1, -0.05) is 0 Å². The standard InChI is InChI=1S/CH2Cl.3CH3.Sn/c1-2;;;;/h1H2;3*1H3;. The first-order valence-electron chi connectivity index (χ1n) is 2.12. The van der Waals surface area contributed by atoms with Gasteiger partial charge in [0.15, 0.2) is 0 Å². The van der Waals surface area contributed by atoms with Crippen LogP contribution in [0.2, 0.25) is 14.8 Å². The molecule has 0 fully saturated rings. The van der Waals surface area contributed by atoms with Gasteiger partial charge in [0.25, 0.3) is 0 Å². The molecule has 0 bridgehead atoms. The average Bonchev–Trinajstić information content (AvgIpc) is 1.35. The Hall–Kier alpha value is 1.09. The van der Waals surface area contributed by atoms with E-state index in [0.29, 0.717) is 0 Å². The van der Waals surface area contributed by atoms with Crippen molar-refractivity contribution in [3.63, 3.8) is 0 Å². The van der Waals surface area contributed by atoms with Crippen LogP contribution in [-0.4, -0.2) is 22.3 Å². The third-order valence-corrected chi connectivity index (χ3v) is 8.07. The molecule has 0 saturated carbocycles. The van der Waals surface area contributed by atoms with Gasteiger partial charge in [-0.2, -0.15) is 0 Å². The normalized spacial score (nSPS) is 12.0. The summed E-state index contributed by atoms with van der Waals surface area (Å²) in [5.74, 6) is 0. The van der Waals surface area contributed by atoms with Crippen LogP contribution < -0.4 is 0 Å². The van der Waals surface area contributed by atoms with Crippen LogP contribution in [0.1, 0.15) is 0 Å². The zero-order valence-corrected chi connectivity index (χ0v) is 8.20. The van der Waals surface area contributed by atoms with E-state index in [1.807, 2.05) is 0 Å². The molecule has 0 aliphatic carbocycles. The molecule has 0 saturated heterocycles. The molecule has 0 spiro atoms. The summed E-state index contributed by atoms with van der Waals surface area (Å²) in [5, 5.41) is 0. The van der Waals surface area contributed by atoms with E-state index in [1.54, 1.807) is 0 Å². The van der Waals surface area contributed by atoms with Gasteiger partial charge in [-0.05, 0) is 0 Å². The zero-order valence-electron chi connectivity index (χ0n) is 4.59. The monoisotopic (exact) mass is 214 g/mol. The second-order valence-corrected chi connectivity index (χ2v) is 19.9. The van der Waals surface area contributed by atoms with Crippen molar-refractivity contribution >= 4 is 30.0 Å². The van der Waals surface area contributed by atoms with Gasteiger partial charge >= 0.3 is 48.7 Å². The SMILES string of the molecule is [CH3][Sn]([CH3])([CH3])[CH2]Cl. The van der Waals surface area contributed by atoms with Crippen LogP contribution in [0.25, 0.3) is 0 Å². The van der Waals surface area contributed by atoms with E-state index in [4.69, 9.17) is 11.6 Å². The van der Waals surface area contributed by atoms with Gasteiger partial charge in [-0.25, -0.2) is 0 Å². The van der Waals surface area contributed by atoms with Crippen molar-refractivity contribution in [2.75, 3.05) is 3.90 Å². The summed E-state index contributed by atoms with van der Waals surface area (Å²) in [6, 6.07) is 0. The maximum absolute atomic E-state index is 5.57. The Bertz CT molecular complexity index is 37.3. The molecular weight excluding hydrogens is 202 g/mol. The number of rotatable bonds is 1. The predicted octanol–water partition coefficient (Wildman–Crippen LogP) is 2.10. The summed E-state index contributed by atoms with van der Waals surface area (Å²) < 4.78 is 0.953. The van der Waals surface area contributed by atoms with Gasteiger partial charge in [0.2, 0.25) is 0 Å². The molecule has 0 atom stereocenters. The molecule has 0 amide bonds. The fraction of sp³-hybridized carbons (Fsp3) is 1.00. The van der Waals surface area contributed by atoms with E-state index < -0.39 is 18.4 Å². The Morgan fingerprint density at radius 3 is 1.50 bits per heavy atom. The van der Waals surface area contributed by atoms with Gasteiger partial charge < -0.3 is 0 Å². The summed E-state index contributed by atoms with van der Waals surface area (Å²) in [7, 11) is 0. The summed E-state index contributed by atoms with van der Waals surface area (Å²) in [6.45, 7) is 0. The molecule has 0 unspecified atom stereocenters. The third-order valence-electron chi connectivity index (χ3n) is 0.401. The Morgan fingerprint density at radius 1 is 1.33 bits per heavy atom. The minimum atomic E-state index is -1.47. The first-order chi connectivity index (χ1) is 2.56. The first-order valence-corrected chi connectivity index (χ1v) is 13.2. The second kappa shape index (κ2) is 2.41. The van der Waals surface area contributed by atoms with E-state index >= 15 is 0 Å². The summed E-state index contributed by atoms with van der Waals surface area (Å²) >= 11 is 4.10. The van der Waals surface area contributed by atoms with Gasteiger partial charge in [-0.15, -0.1) is 0 Å². The quantitative estimate of drug-likeness (QED) is 0.462. The molecule has 0 aliphatic heterocycles.